The number of pyridine rings is 1. The maximum absolute atomic E-state index is 12.9. The van der Waals surface area contributed by atoms with Crippen molar-refractivity contribution in [1.29, 1.82) is 0 Å². The Morgan fingerprint density at radius 3 is 3.12 bits per heavy atom. The van der Waals surface area contributed by atoms with Gasteiger partial charge in [0.2, 0.25) is 5.43 Å². The van der Waals surface area contributed by atoms with E-state index in [9.17, 15) is 9.59 Å². The number of aromatic nitrogens is 2. The van der Waals surface area contributed by atoms with E-state index in [0.29, 0.717) is 5.39 Å². The number of hydrogen-bond donors (Lipinski definition) is 1. The number of aryl methyl sites for hydroxylation is 4. The number of nitrogens with zero attached hydrogens (tertiary/aromatic N) is 2. The van der Waals surface area contributed by atoms with Gasteiger partial charge in [-0.2, -0.15) is 0 Å². The molecule has 1 N–H and O–H groups in total. The van der Waals surface area contributed by atoms with Crippen LogP contribution in [0.4, 0.5) is 0 Å². The second kappa shape index (κ2) is 5.77. The Morgan fingerprint density at radius 2 is 2.23 bits per heavy atom. The first-order valence-electron chi connectivity index (χ1n) is 9.04. The fourth-order valence-electron chi connectivity index (χ4n) is 4.24. The quantitative estimate of drug-likeness (QED) is 0.759. The predicted molar refractivity (Wildman–Crippen MR) is 102 cm³/mol. The summed E-state index contributed by atoms with van der Waals surface area (Å²) in [5, 5.41) is 4.74. The van der Waals surface area contributed by atoms with Crippen LogP contribution in [-0.2, 0) is 19.4 Å². The van der Waals surface area contributed by atoms with Crippen LogP contribution < -0.4 is 10.7 Å². The molecule has 0 unspecified atom stereocenters. The van der Waals surface area contributed by atoms with Gasteiger partial charge in [0.1, 0.15) is 5.56 Å². The molecule has 2 aromatic heterocycles. The van der Waals surface area contributed by atoms with Crippen LogP contribution in [0.25, 0.3) is 10.9 Å². The summed E-state index contributed by atoms with van der Waals surface area (Å²) in [5.74, 6) is -0.290. The zero-order valence-corrected chi connectivity index (χ0v) is 15.4. The number of carbonyl (C=O) groups is 1. The van der Waals surface area contributed by atoms with Crippen molar-refractivity contribution in [3.05, 3.63) is 61.3 Å². The number of amides is 1. The fraction of sp³-hybridized carbons (Fsp3) is 0.350. The first-order chi connectivity index (χ1) is 12.6. The highest BCUT2D eigenvalue weighted by atomic mass is 32.1. The van der Waals surface area contributed by atoms with E-state index in [4.69, 9.17) is 0 Å². The molecule has 1 aliphatic heterocycles. The molecular weight excluding hydrogens is 346 g/mol. The lowest BCUT2D eigenvalue weighted by Crippen LogP contribution is -2.34. The lowest BCUT2D eigenvalue weighted by Gasteiger charge is -2.22. The Morgan fingerprint density at radius 1 is 1.35 bits per heavy atom. The standard InChI is InChI=1S/C20H19N3O2S/c1-11-21-17-15(6-3-7-16(17)26-11)22-20(25)14-10-23-9-8-12-4-2-5-13(18(12)23)19(14)24/h2,4-5,10,15H,3,6-9H2,1H3,(H,22,25)/t15-/m0/s1. The Balaban J connectivity index is 1.53. The summed E-state index contributed by atoms with van der Waals surface area (Å²) in [4.78, 5) is 31.7. The van der Waals surface area contributed by atoms with E-state index in [1.54, 1.807) is 17.5 Å². The van der Waals surface area contributed by atoms with Gasteiger partial charge in [0.05, 0.1) is 22.3 Å². The lowest BCUT2D eigenvalue weighted by molar-refractivity contribution is 0.0930. The van der Waals surface area contributed by atoms with Crippen molar-refractivity contribution in [3.63, 3.8) is 0 Å². The van der Waals surface area contributed by atoms with Gasteiger partial charge in [0.25, 0.3) is 5.91 Å². The number of nitrogens with one attached hydrogen (secondary N) is 1. The van der Waals surface area contributed by atoms with Crippen LogP contribution in [0, 0.1) is 6.92 Å². The molecule has 0 radical (unpaired) electrons. The van der Waals surface area contributed by atoms with Gasteiger partial charge < -0.3 is 9.88 Å². The molecule has 3 aromatic rings. The van der Waals surface area contributed by atoms with E-state index in [-0.39, 0.29) is 22.9 Å². The highest BCUT2D eigenvalue weighted by Gasteiger charge is 2.27. The van der Waals surface area contributed by atoms with Gasteiger partial charge in [-0.3, -0.25) is 9.59 Å². The molecule has 0 fully saturated rings. The largest absolute Gasteiger partial charge is 0.346 e. The van der Waals surface area contributed by atoms with Crippen molar-refractivity contribution in [2.45, 2.75) is 45.2 Å². The normalized spacial score (nSPS) is 18.1. The van der Waals surface area contributed by atoms with Crippen LogP contribution in [0.5, 0.6) is 0 Å². The highest BCUT2D eigenvalue weighted by molar-refractivity contribution is 7.11. The third-order valence-electron chi connectivity index (χ3n) is 5.41. The van der Waals surface area contributed by atoms with Crippen LogP contribution in [0.1, 0.15) is 50.4 Å². The van der Waals surface area contributed by atoms with E-state index < -0.39 is 0 Å². The molecule has 0 bridgehead atoms. The molecule has 0 saturated carbocycles. The van der Waals surface area contributed by atoms with Gasteiger partial charge in [0, 0.05) is 23.0 Å². The number of carbonyl (C=O) groups excluding carboxylic acids is 1. The molecule has 0 saturated heterocycles. The number of hydrogen-bond acceptors (Lipinski definition) is 4. The van der Waals surface area contributed by atoms with Crippen molar-refractivity contribution < 1.29 is 4.79 Å². The van der Waals surface area contributed by atoms with Gasteiger partial charge in [-0.25, -0.2) is 4.98 Å². The summed E-state index contributed by atoms with van der Waals surface area (Å²) in [6.45, 7) is 2.81. The van der Waals surface area contributed by atoms with Gasteiger partial charge in [0.15, 0.2) is 0 Å². The highest BCUT2D eigenvalue weighted by Crippen LogP contribution is 2.33. The second-order valence-corrected chi connectivity index (χ2v) is 8.38. The van der Waals surface area contributed by atoms with Crippen LogP contribution in [-0.4, -0.2) is 15.5 Å². The third-order valence-corrected chi connectivity index (χ3v) is 6.46. The first-order valence-corrected chi connectivity index (χ1v) is 9.85. The average molecular weight is 365 g/mol. The Labute approximate surface area is 154 Å². The van der Waals surface area contributed by atoms with Crippen LogP contribution in [0.15, 0.2) is 29.2 Å². The van der Waals surface area contributed by atoms with Crippen molar-refractivity contribution in [2.24, 2.45) is 0 Å². The summed E-state index contributed by atoms with van der Waals surface area (Å²) in [6, 6.07) is 5.68. The van der Waals surface area contributed by atoms with Gasteiger partial charge in [-0.05, 0) is 44.2 Å². The molecule has 5 rings (SSSR count). The Hall–Kier alpha value is -2.47. The molecule has 2 aliphatic rings. The minimum atomic E-state index is -0.290. The topological polar surface area (TPSA) is 64.0 Å². The van der Waals surface area contributed by atoms with Crippen molar-refractivity contribution >= 4 is 28.1 Å². The summed E-state index contributed by atoms with van der Waals surface area (Å²) >= 11 is 1.71. The number of rotatable bonds is 2. The SMILES string of the molecule is Cc1nc2c(s1)CCC[C@@H]2NC(=O)c1cn2c3c(cccc3c1=O)CC2. The molecule has 1 aromatic carbocycles. The maximum Gasteiger partial charge on any atom is 0.257 e. The number of fused-ring (bicyclic) bond motifs is 1. The van der Waals surface area contributed by atoms with Gasteiger partial charge >= 0.3 is 0 Å². The zero-order valence-electron chi connectivity index (χ0n) is 14.5. The number of para-hydroxylation sites is 1. The number of thiazole rings is 1. The van der Waals surface area contributed by atoms with E-state index in [0.717, 1.165) is 48.4 Å². The molecule has 1 atom stereocenters. The molecule has 0 spiro atoms. The predicted octanol–water partition coefficient (Wildman–Crippen LogP) is 3.13. The Kier molecular flexibility index (Phi) is 3.50. The third kappa shape index (κ3) is 2.32. The fourth-order valence-corrected chi connectivity index (χ4v) is 5.27. The molecule has 1 amide bonds. The second-order valence-electron chi connectivity index (χ2n) is 7.09. The summed E-state index contributed by atoms with van der Waals surface area (Å²) in [5.41, 5.74) is 3.20. The molecule has 3 heterocycles. The summed E-state index contributed by atoms with van der Waals surface area (Å²) < 4.78 is 2.04. The van der Waals surface area contributed by atoms with E-state index >= 15 is 0 Å². The van der Waals surface area contributed by atoms with E-state index in [2.05, 4.69) is 16.4 Å². The molecule has 6 heteroatoms. The summed E-state index contributed by atoms with van der Waals surface area (Å²) in [7, 11) is 0. The van der Waals surface area contributed by atoms with E-state index in [1.807, 2.05) is 23.6 Å². The van der Waals surface area contributed by atoms with Crippen molar-refractivity contribution in [1.82, 2.24) is 14.9 Å². The molecule has 132 valence electrons. The van der Waals surface area contributed by atoms with Crippen LogP contribution in [0.3, 0.4) is 0 Å². The van der Waals surface area contributed by atoms with Crippen LogP contribution >= 0.6 is 11.3 Å². The van der Waals surface area contributed by atoms with Crippen molar-refractivity contribution in [3.8, 4) is 0 Å². The van der Waals surface area contributed by atoms with E-state index in [1.165, 1.54) is 10.4 Å². The lowest BCUT2D eigenvalue weighted by atomic mass is 9.97. The Bertz CT molecular complexity index is 1110. The maximum atomic E-state index is 12.9. The smallest absolute Gasteiger partial charge is 0.257 e. The minimum absolute atomic E-state index is 0.101. The average Bonchev–Trinajstić information content (AvgIpc) is 3.22. The first kappa shape index (κ1) is 15.8. The number of benzene rings is 1. The molecular formula is C20H19N3O2S. The minimum Gasteiger partial charge on any atom is -0.346 e. The molecule has 26 heavy (non-hydrogen) atoms. The monoisotopic (exact) mass is 365 g/mol. The molecule has 5 nitrogen and oxygen atoms in total. The van der Waals surface area contributed by atoms with Gasteiger partial charge in [-0.1, -0.05) is 12.1 Å². The van der Waals surface area contributed by atoms with Crippen LogP contribution in [0.2, 0.25) is 0 Å². The zero-order chi connectivity index (χ0) is 17.8. The van der Waals surface area contributed by atoms with Crippen molar-refractivity contribution in [2.75, 3.05) is 0 Å². The molecule has 1 aliphatic carbocycles. The summed E-state index contributed by atoms with van der Waals surface area (Å²) in [6.07, 6.45) is 5.57. The van der Waals surface area contributed by atoms with Gasteiger partial charge in [-0.15, -0.1) is 11.3 Å².